The standard InChI is InChI=1S/C9H12BrNO2S2/c1-15(12,13)11-6-2-3-7(11)8-4-5-9(10)14-8/h4-5,7H,2-3,6H2,1H3. The van der Waals surface area contributed by atoms with Crippen LogP contribution < -0.4 is 0 Å². The zero-order valence-corrected chi connectivity index (χ0v) is 11.5. The van der Waals surface area contributed by atoms with Crippen molar-refractivity contribution < 1.29 is 8.42 Å². The van der Waals surface area contributed by atoms with Gasteiger partial charge >= 0.3 is 0 Å². The van der Waals surface area contributed by atoms with Crippen molar-refractivity contribution in [2.75, 3.05) is 12.8 Å². The Morgan fingerprint density at radius 3 is 2.80 bits per heavy atom. The van der Waals surface area contributed by atoms with Gasteiger partial charge in [-0.3, -0.25) is 0 Å². The van der Waals surface area contributed by atoms with Crippen LogP contribution in [-0.2, 0) is 10.0 Å². The third-order valence-electron chi connectivity index (χ3n) is 2.55. The van der Waals surface area contributed by atoms with Gasteiger partial charge in [0, 0.05) is 11.4 Å². The number of sulfonamides is 1. The fraction of sp³-hybridized carbons (Fsp3) is 0.556. The lowest BCUT2D eigenvalue weighted by molar-refractivity contribution is 0.405. The van der Waals surface area contributed by atoms with Gasteiger partial charge in [0.05, 0.1) is 16.1 Å². The molecule has 2 rings (SSSR count). The summed E-state index contributed by atoms with van der Waals surface area (Å²) in [4.78, 5) is 1.13. The van der Waals surface area contributed by atoms with E-state index >= 15 is 0 Å². The van der Waals surface area contributed by atoms with Crippen LogP contribution in [0.5, 0.6) is 0 Å². The third-order valence-corrected chi connectivity index (χ3v) is 5.57. The van der Waals surface area contributed by atoms with Gasteiger partial charge in [0.15, 0.2) is 0 Å². The first-order chi connectivity index (χ1) is 6.98. The molecule has 6 heteroatoms. The maximum Gasteiger partial charge on any atom is 0.211 e. The second-order valence-electron chi connectivity index (χ2n) is 3.67. The Kier molecular flexibility index (Phi) is 3.21. The van der Waals surface area contributed by atoms with Crippen LogP contribution in [0.3, 0.4) is 0 Å². The van der Waals surface area contributed by atoms with E-state index in [0.29, 0.717) is 6.54 Å². The molecule has 0 amide bonds. The Hall–Kier alpha value is 0.0900. The van der Waals surface area contributed by atoms with E-state index in [1.807, 2.05) is 12.1 Å². The van der Waals surface area contributed by atoms with E-state index in [1.54, 1.807) is 15.6 Å². The average Bonchev–Trinajstić information content (AvgIpc) is 2.68. The topological polar surface area (TPSA) is 37.4 Å². The Balaban J connectivity index is 2.30. The third kappa shape index (κ3) is 2.43. The van der Waals surface area contributed by atoms with Crippen LogP contribution in [0.2, 0.25) is 0 Å². The highest BCUT2D eigenvalue weighted by atomic mass is 79.9. The van der Waals surface area contributed by atoms with E-state index in [-0.39, 0.29) is 6.04 Å². The molecule has 1 unspecified atom stereocenters. The monoisotopic (exact) mass is 309 g/mol. The Morgan fingerprint density at radius 1 is 1.53 bits per heavy atom. The number of hydrogen-bond acceptors (Lipinski definition) is 3. The normalized spacial score (nSPS) is 23.5. The van der Waals surface area contributed by atoms with Crippen molar-refractivity contribution in [1.29, 1.82) is 0 Å². The predicted molar refractivity (Wildman–Crippen MR) is 65.5 cm³/mol. The summed E-state index contributed by atoms with van der Waals surface area (Å²) in [7, 11) is -3.07. The lowest BCUT2D eigenvalue weighted by Gasteiger charge is -2.20. The van der Waals surface area contributed by atoms with Crippen LogP contribution in [0, 0.1) is 0 Å². The van der Waals surface area contributed by atoms with Gasteiger partial charge in [0.25, 0.3) is 0 Å². The van der Waals surface area contributed by atoms with E-state index in [4.69, 9.17) is 0 Å². The van der Waals surface area contributed by atoms with Crippen LogP contribution >= 0.6 is 27.3 Å². The second-order valence-corrected chi connectivity index (χ2v) is 8.10. The molecule has 15 heavy (non-hydrogen) atoms. The summed E-state index contributed by atoms with van der Waals surface area (Å²) in [6, 6.07) is 4.03. The molecule has 1 fully saturated rings. The predicted octanol–water partition coefficient (Wildman–Crippen LogP) is 2.61. The molecule has 0 saturated carbocycles. The first-order valence-corrected chi connectivity index (χ1v) is 8.16. The molecule has 1 aromatic heterocycles. The highest BCUT2D eigenvalue weighted by molar-refractivity contribution is 9.11. The molecule has 2 heterocycles. The van der Waals surface area contributed by atoms with Crippen molar-refractivity contribution in [1.82, 2.24) is 4.31 Å². The highest BCUT2D eigenvalue weighted by Gasteiger charge is 2.33. The van der Waals surface area contributed by atoms with Crippen molar-refractivity contribution in [3.63, 3.8) is 0 Å². The van der Waals surface area contributed by atoms with Crippen molar-refractivity contribution in [2.24, 2.45) is 0 Å². The van der Waals surface area contributed by atoms with Crippen LogP contribution in [0.15, 0.2) is 15.9 Å². The van der Waals surface area contributed by atoms with Crippen molar-refractivity contribution in [3.8, 4) is 0 Å². The SMILES string of the molecule is CS(=O)(=O)N1CCCC1c1ccc(Br)s1. The minimum Gasteiger partial charge on any atom is -0.212 e. The fourth-order valence-corrected chi connectivity index (χ4v) is 4.71. The van der Waals surface area contributed by atoms with Gasteiger partial charge in [0.1, 0.15) is 0 Å². The highest BCUT2D eigenvalue weighted by Crippen LogP contribution is 2.38. The molecule has 3 nitrogen and oxygen atoms in total. The number of hydrogen-bond donors (Lipinski definition) is 0. The van der Waals surface area contributed by atoms with Crippen molar-refractivity contribution in [3.05, 3.63) is 20.8 Å². The molecule has 0 bridgehead atoms. The first-order valence-electron chi connectivity index (χ1n) is 4.70. The summed E-state index contributed by atoms with van der Waals surface area (Å²) >= 11 is 5.02. The first kappa shape index (κ1) is 11.6. The summed E-state index contributed by atoms with van der Waals surface area (Å²) in [6.45, 7) is 0.652. The van der Waals surface area contributed by atoms with E-state index < -0.39 is 10.0 Å². The molecular formula is C9H12BrNO2S2. The van der Waals surface area contributed by atoms with Gasteiger partial charge in [0.2, 0.25) is 10.0 Å². The van der Waals surface area contributed by atoms with Gasteiger partial charge in [-0.05, 0) is 40.9 Å². The zero-order valence-electron chi connectivity index (χ0n) is 8.31. The summed E-state index contributed by atoms with van der Waals surface area (Å²) in [5.74, 6) is 0. The molecular weight excluding hydrogens is 298 g/mol. The Labute approximate surface area is 102 Å². The average molecular weight is 310 g/mol. The molecule has 1 aromatic rings. The molecule has 0 N–H and O–H groups in total. The lowest BCUT2D eigenvalue weighted by Crippen LogP contribution is -2.28. The van der Waals surface area contributed by atoms with Gasteiger partial charge in [-0.15, -0.1) is 11.3 Å². The van der Waals surface area contributed by atoms with Crippen LogP contribution in [0.4, 0.5) is 0 Å². The summed E-state index contributed by atoms with van der Waals surface area (Å²) in [5, 5.41) is 0. The maximum absolute atomic E-state index is 11.5. The number of nitrogens with zero attached hydrogens (tertiary/aromatic N) is 1. The minimum absolute atomic E-state index is 0.0521. The molecule has 1 atom stereocenters. The molecule has 0 aliphatic carbocycles. The molecule has 1 saturated heterocycles. The lowest BCUT2D eigenvalue weighted by atomic mass is 10.2. The molecule has 1 aliphatic heterocycles. The Bertz CT molecular complexity index is 454. The van der Waals surface area contributed by atoms with Gasteiger partial charge in [-0.25, -0.2) is 8.42 Å². The second kappa shape index (κ2) is 4.16. The molecule has 1 aliphatic rings. The Morgan fingerprint density at radius 2 is 2.27 bits per heavy atom. The smallest absolute Gasteiger partial charge is 0.211 e. The number of thiophene rings is 1. The molecule has 84 valence electrons. The summed E-state index contributed by atoms with van der Waals surface area (Å²) < 4.78 is 25.7. The van der Waals surface area contributed by atoms with Crippen LogP contribution in [-0.4, -0.2) is 25.5 Å². The molecule has 0 aromatic carbocycles. The van der Waals surface area contributed by atoms with E-state index in [9.17, 15) is 8.42 Å². The van der Waals surface area contributed by atoms with E-state index in [2.05, 4.69) is 15.9 Å². The van der Waals surface area contributed by atoms with Crippen LogP contribution in [0.25, 0.3) is 0 Å². The van der Waals surface area contributed by atoms with Crippen LogP contribution in [0.1, 0.15) is 23.8 Å². The van der Waals surface area contributed by atoms with Crippen molar-refractivity contribution >= 4 is 37.3 Å². The number of halogens is 1. The molecule has 0 radical (unpaired) electrons. The summed E-state index contributed by atoms with van der Waals surface area (Å²) in [6.07, 6.45) is 3.17. The van der Waals surface area contributed by atoms with Gasteiger partial charge < -0.3 is 0 Å². The van der Waals surface area contributed by atoms with E-state index in [1.165, 1.54) is 6.26 Å². The molecule has 0 spiro atoms. The largest absolute Gasteiger partial charge is 0.212 e. The van der Waals surface area contributed by atoms with E-state index in [0.717, 1.165) is 21.5 Å². The van der Waals surface area contributed by atoms with Crippen molar-refractivity contribution in [2.45, 2.75) is 18.9 Å². The summed E-state index contributed by atoms with van der Waals surface area (Å²) in [5.41, 5.74) is 0. The fourth-order valence-electron chi connectivity index (χ4n) is 1.93. The maximum atomic E-state index is 11.5. The van der Waals surface area contributed by atoms with Gasteiger partial charge in [-0.2, -0.15) is 4.31 Å². The minimum atomic E-state index is -3.07. The quantitative estimate of drug-likeness (QED) is 0.842. The number of rotatable bonds is 2. The van der Waals surface area contributed by atoms with Gasteiger partial charge in [-0.1, -0.05) is 0 Å². The zero-order chi connectivity index (χ0) is 11.1.